The van der Waals surface area contributed by atoms with Crippen LogP contribution in [0.3, 0.4) is 0 Å². The van der Waals surface area contributed by atoms with E-state index in [1.54, 1.807) is 20.8 Å². The fourth-order valence-corrected chi connectivity index (χ4v) is 2.24. The van der Waals surface area contributed by atoms with Gasteiger partial charge < -0.3 is 10.5 Å². The number of hydrogen-bond donors (Lipinski definition) is 1. The number of nitrogens with zero attached hydrogens (tertiary/aromatic N) is 2. The molecule has 20 heavy (non-hydrogen) atoms. The van der Waals surface area contributed by atoms with Gasteiger partial charge in [-0.05, 0) is 20.8 Å². The van der Waals surface area contributed by atoms with Gasteiger partial charge >= 0.3 is 0 Å². The molecule has 1 aromatic heterocycles. The molecule has 8 heteroatoms. The Morgan fingerprint density at radius 2 is 2.05 bits per heavy atom. The molecular formula is C12H21N3O4S. The quantitative estimate of drug-likeness (QED) is 0.747. The van der Waals surface area contributed by atoms with Gasteiger partial charge in [0, 0.05) is 12.1 Å². The fourth-order valence-electron chi connectivity index (χ4n) is 1.34. The zero-order valence-corrected chi connectivity index (χ0v) is 12.8. The number of aromatic nitrogens is 2. The first kappa shape index (κ1) is 16.6. The molecule has 0 saturated heterocycles. The minimum absolute atomic E-state index is 0.0346. The first-order valence-corrected chi connectivity index (χ1v) is 8.11. The van der Waals surface area contributed by atoms with Crippen molar-refractivity contribution in [3.05, 3.63) is 22.6 Å². The zero-order valence-electron chi connectivity index (χ0n) is 11.9. The number of sulfone groups is 1. The fraction of sp³-hybridized carbons (Fsp3) is 0.667. The van der Waals surface area contributed by atoms with E-state index < -0.39 is 20.6 Å². The highest BCUT2D eigenvalue weighted by atomic mass is 32.2. The van der Waals surface area contributed by atoms with Crippen molar-refractivity contribution < 1.29 is 13.2 Å². The molecule has 0 saturated carbocycles. The van der Waals surface area contributed by atoms with Gasteiger partial charge in [-0.3, -0.25) is 4.79 Å². The Balaban J connectivity index is 2.72. The van der Waals surface area contributed by atoms with Crippen molar-refractivity contribution in [2.24, 2.45) is 5.73 Å². The summed E-state index contributed by atoms with van der Waals surface area (Å²) in [5, 5.41) is 3.43. The predicted molar refractivity (Wildman–Crippen MR) is 76.6 cm³/mol. The Hall–Kier alpha value is -1.41. The summed E-state index contributed by atoms with van der Waals surface area (Å²) in [6, 6.07) is 1.13. The molecule has 1 unspecified atom stereocenters. The third-order valence-electron chi connectivity index (χ3n) is 2.66. The van der Waals surface area contributed by atoms with Crippen LogP contribution in [0.4, 0.5) is 0 Å². The molecule has 7 nitrogen and oxygen atoms in total. The van der Waals surface area contributed by atoms with Gasteiger partial charge in [0.05, 0.1) is 23.7 Å². The highest BCUT2D eigenvalue weighted by Gasteiger charge is 2.16. The Morgan fingerprint density at radius 1 is 1.40 bits per heavy atom. The highest BCUT2D eigenvalue weighted by Crippen LogP contribution is 2.05. The SMILES string of the molecule is CC(N)COc1cnn(CCS(=O)(=O)C(C)C)c(=O)c1. The third-order valence-corrected chi connectivity index (χ3v) is 4.85. The summed E-state index contributed by atoms with van der Waals surface area (Å²) in [6.45, 7) is 5.32. The summed E-state index contributed by atoms with van der Waals surface area (Å²) in [5.41, 5.74) is 5.14. The van der Waals surface area contributed by atoms with Crippen molar-refractivity contribution in [3.8, 4) is 5.75 Å². The van der Waals surface area contributed by atoms with E-state index in [1.807, 2.05) is 0 Å². The number of hydrogen-bond acceptors (Lipinski definition) is 6. The third kappa shape index (κ3) is 4.93. The van der Waals surface area contributed by atoms with Crippen molar-refractivity contribution in [1.82, 2.24) is 9.78 Å². The summed E-state index contributed by atoms with van der Waals surface area (Å²) < 4.78 is 29.7. The van der Waals surface area contributed by atoms with E-state index >= 15 is 0 Å². The summed E-state index contributed by atoms with van der Waals surface area (Å²) >= 11 is 0. The molecule has 0 aromatic carbocycles. The first-order chi connectivity index (χ1) is 9.22. The number of aryl methyl sites for hydroxylation is 1. The lowest BCUT2D eigenvalue weighted by Gasteiger charge is -2.10. The average molecular weight is 303 g/mol. The van der Waals surface area contributed by atoms with Gasteiger partial charge in [0.15, 0.2) is 9.84 Å². The van der Waals surface area contributed by atoms with Crippen molar-refractivity contribution in [2.75, 3.05) is 12.4 Å². The van der Waals surface area contributed by atoms with Gasteiger partial charge in [-0.1, -0.05) is 0 Å². The smallest absolute Gasteiger partial charge is 0.270 e. The van der Waals surface area contributed by atoms with Gasteiger partial charge in [0.1, 0.15) is 12.4 Å². The molecule has 0 fully saturated rings. The molecule has 0 aliphatic carbocycles. The lowest BCUT2D eigenvalue weighted by Crippen LogP contribution is -2.29. The lowest BCUT2D eigenvalue weighted by molar-refractivity contribution is 0.293. The summed E-state index contributed by atoms with van der Waals surface area (Å²) in [6.07, 6.45) is 1.38. The van der Waals surface area contributed by atoms with Gasteiger partial charge in [-0.2, -0.15) is 5.10 Å². The van der Waals surface area contributed by atoms with E-state index in [1.165, 1.54) is 12.3 Å². The molecular weight excluding hydrogens is 282 g/mol. The Bertz CT molecular complexity index is 593. The zero-order chi connectivity index (χ0) is 15.3. The molecule has 0 amide bonds. The Morgan fingerprint density at radius 3 is 2.55 bits per heavy atom. The topological polar surface area (TPSA) is 104 Å². The molecule has 114 valence electrons. The van der Waals surface area contributed by atoms with Crippen molar-refractivity contribution in [2.45, 2.75) is 38.6 Å². The van der Waals surface area contributed by atoms with Crippen molar-refractivity contribution >= 4 is 9.84 Å². The molecule has 1 aromatic rings. The van der Waals surface area contributed by atoms with E-state index in [2.05, 4.69) is 5.10 Å². The summed E-state index contributed by atoms with van der Waals surface area (Å²) in [7, 11) is -3.19. The van der Waals surface area contributed by atoms with Gasteiger partial charge in [-0.15, -0.1) is 0 Å². The van der Waals surface area contributed by atoms with Gasteiger partial charge in [-0.25, -0.2) is 13.1 Å². The minimum Gasteiger partial charge on any atom is -0.490 e. The van der Waals surface area contributed by atoms with Crippen LogP contribution in [0.15, 0.2) is 17.1 Å². The van der Waals surface area contributed by atoms with E-state index in [9.17, 15) is 13.2 Å². The lowest BCUT2D eigenvalue weighted by atomic mass is 10.4. The molecule has 0 spiro atoms. The maximum absolute atomic E-state index is 11.8. The molecule has 1 rings (SSSR count). The molecule has 2 N–H and O–H groups in total. The minimum atomic E-state index is -3.19. The molecule has 0 bridgehead atoms. The second-order valence-corrected chi connectivity index (χ2v) is 7.63. The van der Waals surface area contributed by atoms with Crippen LogP contribution in [-0.4, -0.2) is 41.8 Å². The second-order valence-electron chi connectivity index (χ2n) is 4.96. The van der Waals surface area contributed by atoms with E-state index in [4.69, 9.17) is 10.5 Å². The summed E-state index contributed by atoms with van der Waals surface area (Å²) in [5.74, 6) is 0.215. The van der Waals surface area contributed by atoms with Crippen LogP contribution in [0, 0.1) is 0 Å². The van der Waals surface area contributed by atoms with Crippen LogP contribution < -0.4 is 16.0 Å². The number of rotatable bonds is 7. The van der Waals surface area contributed by atoms with E-state index in [-0.39, 0.29) is 24.9 Å². The van der Waals surface area contributed by atoms with Crippen LogP contribution >= 0.6 is 0 Å². The molecule has 0 aliphatic rings. The van der Waals surface area contributed by atoms with Crippen molar-refractivity contribution in [1.29, 1.82) is 0 Å². The number of nitrogens with two attached hydrogens (primary N) is 1. The first-order valence-electron chi connectivity index (χ1n) is 6.39. The average Bonchev–Trinajstić information content (AvgIpc) is 2.35. The van der Waals surface area contributed by atoms with Gasteiger partial charge in [0.25, 0.3) is 5.56 Å². The van der Waals surface area contributed by atoms with Crippen LogP contribution in [0.1, 0.15) is 20.8 Å². The standard InChI is InChI=1S/C12H21N3O4S/c1-9(2)20(17,18)5-4-15-12(16)6-11(7-14-15)19-8-10(3)13/h6-7,9-10H,4-5,8,13H2,1-3H3. The van der Waals surface area contributed by atoms with E-state index in [0.29, 0.717) is 5.75 Å². The predicted octanol–water partition coefficient (Wildman–Crippen LogP) is -0.207. The Labute approximate surface area is 118 Å². The Kier molecular flexibility index (Phi) is 5.70. The normalized spacial score (nSPS) is 13.4. The molecule has 1 heterocycles. The van der Waals surface area contributed by atoms with Crippen LogP contribution in [0.5, 0.6) is 5.75 Å². The number of ether oxygens (including phenoxy) is 1. The molecule has 0 radical (unpaired) electrons. The van der Waals surface area contributed by atoms with Crippen LogP contribution in [-0.2, 0) is 16.4 Å². The largest absolute Gasteiger partial charge is 0.490 e. The maximum Gasteiger partial charge on any atom is 0.270 e. The van der Waals surface area contributed by atoms with Gasteiger partial charge in [0.2, 0.25) is 0 Å². The monoisotopic (exact) mass is 303 g/mol. The summed E-state index contributed by atoms with van der Waals surface area (Å²) in [4.78, 5) is 11.8. The van der Waals surface area contributed by atoms with Crippen LogP contribution in [0.25, 0.3) is 0 Å². The van der Waals surface area contributed by atoms with Crippen molar-refractivity contribution in [3.63, 3.8) is 0 Å². The highest BCUT2D eigenvalue weighted by molar-refractivity contribution is 7.91. The maximum atomic E-state index is 11.8. The van der Waals surface area contributed by atoms with E-state index in [0.717, 1.165) is 4.68 Å². The molecule has 0 aliphatic heterocycles. The molecule has 1 atom stereocenters. The second kappa shape index (κ2) is 6.85. The van der Waals surface area contributed by atoms with Crippen LogP contribution in [0.2, 0.25) is 0 Å².